The Hall–Kier alpha value is -0.850. The lowest BCUT2D eigenvalue weighted by Crippen LogP contribution is -2.39. The molecular weight excluding hydrogens is 348 g/mol. The van der Waals surface area contributed by atoms with Gasteiger partial charge in [-0.1, -0.05) is 36.4 Å². The number of amides is 1. The van der Waals surface area contributed by atoms with Crippen molar-refractivity contribution in [2.24, 2.45) is 5.92 Å². The van der Waals surface area contributed by atoms with Gasteiger partial charge in [0.2, 0.25) is 0 Å². The molecule has 5 heteroatoms. The van der Waals surface area contributed by atoms with Crippen molar-refractivity contribution in [2.45, 2.75) is 19.9 Å². The summed E-state index contributed by atoms with van der Waals surface area (Å²) in [6.45, 7) is 4.08. The first-order valence-electron chi connectivity index (χ1n) is 5.70. The Labute approximate surface area is 120 Å². The minimum Gasteiger partial charge on any atom is -0.494 e. The Bertz CT molecular complexity index is 423. The third-order valence-corrected chi connectivity index (χ3v) is 3.65. The summed E-state index contributed by atoms with van der Waals surface area (Å²) >= 11 is 2.23. The highest BCUT2D eigenvalue weighted by molar-refractivity contribution is 14.1. The molecule has 3 nitrogen and oxygen atoms in total. The fourth-order valence-electron chi connectivity index (χ4n) is 1.44. The monoisotopic (exact) mass is 365 g/mol. The van der Waals surface area contributed by atoms with Crippen LogP contribution < -0.4 is 10.1 Å². The van der Waals surface area contributed by atoms with Crippen LogP contribution in [-0.2, 0) is 0 Å². The molecular formula is C13H17FINO2. The zero-order valence-corrected chi connectivity index (χ0v) is 12.8. The van der Waals surface area contributed by atoms with E-state index in [-0.39, 0.29) is 17.7 Å². The summed E-state index contributed by atoms with van der Waals surface area (Å²) < 4.78 is 19.1. The van der Waals surface area contributed by atoms with Gasteiger partial charge in [-0.2, -0.15) is 0 Å². The Morgan fingerprint density at radius 2 is 2.17 bits per heavy atom. The number of nitrogens with one attached hydrogen (secondary N) is 1. The number of alkyl halides is 1. The van der Waals surface area contributed by atoms with Gasteiger partial charge in [0.15, 0.2) is 11.6 Å². The number of carbonyl (C=O) groups excluding carboxylic acids is 1. The van der Waals surface area contributed by atoms with Crippen LogP contribution in [0.25, 0.3) is 0 Å². The minimum absolute atomic E-state index is 0.0864. The third-order valence-electron chi connectivity index (χ3n) is 2.70. The van der Waals surface area contributed by atoms with E-state index in [2.05, 4.69) is 27.9 Å². The molecule has 0 radical (unpaired) electrons. The van der Waals surface area contributed by atoms with E-state index in [1.165, 1.54) is 19.2 Å². The molecule has 1 N–H and O–H groups in total. The van der Waals surface area contributed by atoms with Crippen molar-refractivity contribution in [3.63, 3.8) is 0 Å². The zero-order valence-electron chi connectivity index (χ0n) is 10.7. The highest BCUT2D eigenvalue weighted by atomic mass is 127. The van der Waals surface area contributed by atoms with E-state index in [0.717, 1.165) is 4.43 Å². The first kappa shape index (κ1) is 15.2. The summed E-state index contributed by atoms with van der Waals surface area (Å²) in [5.41, 5.74) is 0.309. The largest absolute Gasteiger partial charge is 0.494 e. The average Bonchev–Trinajstić information content (AvgIpc) is 2.35. The molecule has 0 aliphatic rings. The predicted molar refractivity (Wildman–Crippen MR) is 77.9 cm³/mol. The highest BCUT2D eigenvalue weighted by Crippen LogP contribution is 2.18. The molecule has 0 fully saturated rings. The molecule has 1 aromatic carbocycles. The maximum Gasteiger partial charge on any atom is 0.251 e. The van der Waals surface area contributed by atoms with E-state index in [1.807, 2.05) is 13.8 Å². The highest BCUT2D eigenvalue weighted by Gasteiger charge is 2.17. The fourth-order valence-corrected chi connectivity index (χ4v) is 2.68. The van der Waals surface area contributed by atoms with Crippen LogP contribution in [0, 0.1) is 11.7 Å². The van der Waals surface area contributed by atoms with E-state index in [1.54, 1.807) is 6.07 Å². The summed E-state index contributed by atoms with van der Waals surface area (Å²) in [5.74, 6) is -0.303. The number of ether oxygens (including phenoxy) is 1. The van der Waals surface area contributed by atoms with Crippen LogP contribution in [-0.4, -0.2) is 23.5 Å². The zero-order chi connectivity index (χ0) is 13.7. The van der Waals surface area contributed by atoms with Gasteiger partial charge < -0.3 is 10.1 Å². The number of methoxy groups -OCH3 is 1. The van der Waals surface area contributed by atoms with E-state index in [4.69, 9.17) is 4.74 Å². The second kappa shape index (κ2) is 6.92. The Morgan fingerprint density at radius 3 is 2.61 bits per heavy atom. The molecule has 0 aliphatic carbocycles. The molecule has 0 aliphatic heterocycles. The maximum atomic E-state index is 13.5. The molecule has 0 saturated heterocycles. The lowest BCUT2D eigenvalue weighted by atomic mass is 10.1. The summed E-state index contributed by atoms with van der Waals surface area (Å²) in [6, 6.07) is 4.29. The molecule has 1 amide bonds. The Balaban J connectivity index is 2.81. The predicted octanol–water partition coefficient (Wildman–Crippen LogP) is 3.02. The van der Waals surface area contributed by atoms with Crippen molar-refractivity contribution in [1.82, 2.24) is 5.32 Å². The third kappa shape index (κ3) is 3.83. The lowest BCUT2D eigenvalue weighted by molar-refractivity contribution is 0.0931. The van der Waals surface area contributed by atoms with E-state index >= 15 is 0 Å². The molecule has 0 aromatic heterocycles. The van der Waals surface area contributed by atoms with Gasteiger partial charge >= 0.3 is 0 Å². The Kier molecular flexibility index (Phi) is 5.84. The van der Waals surface area contributed by atoms with Gasteiger partial charge in [-0.25, -0.2) is 4.39 Å². The first-order valence-corrected chi connectivity index (χ1v) is 7.22. The smallest absolute Gasteiger partial charge is 0.251 e. The quantitative estimate of drug-likeness (QED) is 0.644. The summed E-state index contributed by atoms with van der Waals surface area (Å²) in [4.78, 5) is 11.9. The standard InChI is InChI=1S/C13H17FINO2/c1-8(2)11(7-15)16-13(17)9-4-5-12(18-3)10(14)6-9/h4-6,8,11H,7H2,1-3H3,(H,16,17). The summed E-state index contributed by atoms with van der Waals surface area (Å²) in [5, 5.41) is 2.89. The van der Waals surface area contributed by atoms with Crippen LogP contribution in [0.5, 0.6) is 5.75 Å². The van der Waals surface area contributed by atoms with Gasteiger partial charge in [-0.15, -0.1) is 0 Å². The molecule has 18 heavy (non-hydrogen) atoms. The van der Waals surface area contributed by atoms with E-state index < -0.39 is 5.82 Å². The topological polar surface area (TPSA) is 38.3 Å². The average molecular weight is 365 g/mol. The fraction of sp³-hybridized carbons (Fsp3) is 0.462. The van der Waals surface area contributed by atoms with Gasteiger partial charge in [0.1, 0.15) is 0 Å². The van der Waals surface area contributed by atoms with Crippen LogP contribution in [0.15, 0.2) is 18.2 Å². The second-order valence-electron chi connectivity index (χ2n) is 4.33. The summed E-state index contributed by atoms with van der Waals surface area (Å²) in [6.07, 6.45) is 0. The number of hydrogen-bond acceptors (Lipinski definition) is 2. The van der Waals surface area contributed by atoms with Gasteiger partial charge in [-0.3, -0.25) is 4.79 Å². The van der Waals surface area contributed by atoms with E-state index in [9.17, 15) is 9.18 Å². The molecule has 1 rings (SSSR count). The molecule has 100 valence electrons. The second-order valence-corrected chi connectivity index (χ2v) is 5.21. The van der Waals surface area contributed by atoms with Crippen LogP contribution in [0.3, 0.4) is 0 Å². The maximum absolute atomic E-state index is 13.5. The number of halogens is 2. The van der Waals surface area contributed by atoms with Crippen molar-refractivity contribution < 1.29 is 13.9 Å². The molecule has 0 saturated carbocycles. The van der Waals surface area contributed by atoms with Gasteiger partial charge in [-0.05, 0) is 24.1 Å². The van der Waals surface area contributed by atoms with Gasteiger partial charge in [0.05, 0.1) is 7.11 Å². The van der Waals surface area contributed by atoms with Crippen molar-refractivity contribution in [3.8, 4) is 5.75 Å². The molecule has 1 atom stereocenters. The van der Waals surface area contributed by atoms with Crippen molar-refractivity contribution >= 4 is 28.5 Å². The molecule has 0 spiro atoms. The van der Waals surface area contributed by atoms with Crippen molar-refractivity contribution in [3.05, 3.63) is 29.6 Å². The molecule has 0 heterocycles. The normalized spacial score (nSPS) is 12.3. The molecule has 0 bridgehead atoms. The van der Waals surface area contributed by atoms with Crippen LogP contribution in [0.2, 0.25) is 0 Å². The van der Waals surface area contributed by atoms with E-state index in [0.29, 0.717) is 11.5 Å². The number of benzene rings is 1. The van der Waals surface area contributed by atoms with Crippen molar-refractivity contribution in [1.29, 1.82) is 0 Å². The van der Waals surface area contributed by atoms with Crippen LogP contribution >= 0.6 is 22.6 Å². The Morgan fingerprint density at radius 1 is 1.50 bits per heavy atom. The SMILES string of the molecule is COc1ccc(C(=O)NC(CI)C(C)C)cc1F. The number of rotatable bonds is 5. The molecule has 1 aromatic rings. The van der Waals surface area contributed by atoms with Gasteiger partial charge in [0.25, 0.3) is 5.91 Å². The number of carbonyl (C=O) groups is 1. The minimum atomic E-state index is -0.527. The van der Waals surface area contributed by atoms with Gasteiger partial charge in [0, 0.05) is 16.0 Å². The first-order chi connectivity index (χ1) is 8.49. The van der Waals surface area contributed by atoms with Crippen LogP contribution in [0.1, 0.15) is 24.2 Å². The van der Waals surface area contributed by atoms with Crippen molar-refractivity contribution in [2.75, 3.05) is 11.5 Å². The molecule has 1 unspecified atom stereocenters. The number of hydrogen-bond donors (Lipinski definition) is 1. The summed E-state index contributed by atoms with van der Waals surface area (Å²) in [7, 11) is 1.39. The van der Waals surface area contributed by atoms with Crippen LogP contribution in [0.4, 0.5) is 4.39 Å². The lowest BCUT2D eigenvalue weighted by Gasteiger charge is -2.20.